The van der Waals surface area contributed by atoms with Gasteiger partial charge in [-0.3, -0.25) is 9.52 Å². The van der Waals surface area contributed by atoms with Crippen molar-refractivity contribution in [2.24, 2.45) is 5.10 Å². The number of nitrogens with one attached hydrogen (secondary N) is 2. The van der Waals surface area contributed by atoms with Crippen molar-refractivity contribution in [3.63, 3.8) is 0 Å². The van der Waals surface area contributed by atoms with Crippen LogP contribution in [0.15, 0.2) is 88.9 Å². The normalized spacial score (nSPS) is 11.2. The maximum atomic E-state index is 12.3. The molecule has 7 nitrogen and oxygen atoms in total. The van der Waals surface area contributed by atoms with E-state index < -0.39 is 15.9 Å². The van der Waals surface area contributed by atoms with Crippen LogP contribution in [0.3, 0.4) is 0 Å². The molecule has 148 valence electrons. The summed E-state index contributed by atoms with van der Waals surface area (Å²) in [5.41, 5.74) is 3.90. The van der Waals surface area contributed by atoms with Gasteiger partial charge in [0.2, 0.25) is 0 Å². The molecule has 0 fully saturated rings. The molecule has 0 aromatic heterocycles. The number of hydrazone groups is 1. The molecule has 2 N–H and O–H groups in total. The van der Waals surface area contributed by atoms with Crippen LogP contribution < -0.4 is 14.9 Å². The zero-order valence-corrected chi connectivity index (χ0v) is 16.4. The first kappa shape index (κ1) is 20.1. The van der Waals surface area contributed by atoms with Gasteiger partial charge >= 0.3 is 0 Å². The third-order valence-corrected chi connectivity index (χ3v) is 5.32. The van der Waals surface area contributed by atoms with E-state index in [0.717, 1.165) is 5.56 Å². The molecule has 29 heavy (non-hydrogen) atoms. The van der Waals surface area contributed by atoms with Gasteiger partial charge in [-0.05, 0) is 54.1 Å². The lowest BCUT2D eigenvalue weighted by Crippen LogP contribution is -2.18. The molecule has 3 aromatic carbocycles. The summed E-state index contributed by atoms with van der Waals surface area (Å²) >= 11 is 0. The fraction of sp³-hybridized carbons (Fsp3) is 0.0476. The first-order valence-corrected chi connectivity index (χ1v) is 10.1. The molecule has 0 spiro atoms. The van der Waals surface area contributed by atoms with Gasteiger partial charge in [-0.2, -0.15) is 5.10 Å². The van der Waals surface area contributed by atoms with E-state index in [-0.39, 0.29) is 4.90 Å². The maximum Gasteiger partial charge on any atom is 0.271 e. The molecule has 0 aliphatic rings. The van der Waals surface area contributed by atoms with Crippen molar-refractivity contribution in [2.45, 2.75) is 4.90 Å². The summed E-state index contributed by atoms with van der Waals surface area (Å²) in [5, 5.41) is 3.92. The lowest BCUT2D eigenvalue weighted by atomic mass is 10.2. The first-order valence-electron chi connectivity index (χ1n) is 8.63. The van der Waals surface area contributed by atoms with E-state index in [9.17, 15) is 13.2 Å². The van der Waals surface area contributed by atoms with Gasteiger partial charge in [0, 0.05) is 11.3 Å². The predicted molar refractivity (Wildman–Crippen MR) is 112 cm³/mol. The highest BCUT2D eigenvalue weighted by molar-refractivity contribution is 7.92. The van der Waals surface area contributed by atoms with Gasteiger partial charge in [-0.1, -0.05) is 30.3 Å². The molecule has 0 bridgehead atoms. The van der Waals surface area contributed by atoms with E-state index in [0.29, 0.717) is 17.0 Å². The summed E-state index contributed by atoms with van der Waals surface area (Å²) in [4.78, 5) is 12.3. The van der Waals surface area contributed by atoms with Crippen molar-refractivity contribution >= 4 is 27.8 Å². The Bertz CT molecular complexity index is 1110. The zero-order valence-electron chi connectivity index (χ0n) is 15.6. The number of nitrogens with zero attached hydrogens (tertiary/aromatic N) is 1. The molecule has 0 aliphatic heterocycles. The van der Waals surface area contributed by atoms with Gasteiger partial charge < -0.3 is 4.74 Å². The van der Waals surface area contributed by atoms with Crippen molar-refractivity contribution in [3.8, 4) is 5.75 Å². The SMILES string of the molecule is COc1cccc(/C=N/NC(=O)c2ccc(NS(=O)(=O)c3ccccc3)cc2)c1. The van der Waals surface area contributed by atoms with Gasteiger partial charge in [-0.15, -0.1) is 0 Å². The fourth-order valence-corrected chi connectivity index (χ4v) is 3.53. The zero-order chi connectivity index (χ0) is 20.7. The summed E-state index contributed by atoms with van der Waals surface area (Å²) in [6, 6.07) is 21.3. The van der Waals surface area contributed by atoms with Gasteiger partial charge in [0.25, 0.3) is 15.9 Å². The molecule has 8 heteroatoms. The van der Waals surface area contributed by atoms with E-state index in [4.69, 9.17) is 4.74 Å². The quantitative estimate of drug-likeness (QED) is 0.462. The number of rotatable bonds is 7. The molecular formula is C21H19N3O4S. The van der Waals surface area contributed by atoms with Crippen molar-refractivity contribution in [3.05, 3.63) is 90.0 Å². The highest BCUT2D eigenvalue weighted by Crippen LogP contribution is 2.16. The summed E-state index contributed by atoms with van der Waals surface area (Å²) < 4.78 is 32.3. The second-order valence-electron chi connectivity index (χ2n) is 5.97. The topological polar surface area (TPSA) is 96.9 Å². The first-order chi connectivity index (χ1) is 14.0. The van der Waals surface area contributed by atoms with Crippen LogP contribution in [0.25, 0.3) is 0 Å². The van der Waals surface area contributed by atoms with Crippen LogP contribution >= 0.6 is 0 Å². The smallest absolute Gasteiger partial charge is 0.271 e. The largest absolute Gasteiger partial charge is 0.497 e. The predicted octanol–water partition coefficient (Wildman–Crippen LogP) is 3.26. The van der Waals surface area contributed by atoms with Crippen LogP contribution in [0.5, 0.6) is 5.75 Å². The second-order valence-corrected chi connectivity index (χ2v) is 7.65. The van der Waals surface area contributed by atoms with Crippen molar-refractivity contribution in [1.29, 1.82) is 0 Å². The number of hydrogen-bond acceptors (Lipinski definition) is 5. The number of hydrogen-bond donors (Lipinski definition) is 2. The molecule has 0 atom stereocenters. The van der Waals surface area contributed by atoms with E-state index in [1.807, 2.05) is 18.2 Å². The molecule has 1 amide bonds. The monoisotopic (exact) mass is 409 g/mol. The van der Waals surface area contributed by atoms with E-state index >= 15 is 0 Å². The van der Waals surface area contributed by atoms with E-state index in [1.54, 1.807) is 31.4 Å². The van der Waals surface area contributed by atoms with Gasteiger partial charge in [-0.25, -0.2) is 13.8 Å². The van der Waals surface area contributed by atoms with Crippen LogP contribution in [0.1, 0.15) is 15.9 Å². The Morgan fingerprint density at radius 3 is 2.38 bits per heavy atom. The summed E-state index contributed by atoms with van der Waals surface area (Å²) in [5.74, 6) is 0.274. The minimum absolute atomic E-state index is 0.161. The van der Waals surface area contributed by atoms with E-state index in [2.05, 4.69) is 15.2 Å². The molecule has 3 rings (SSSR count). The third-order valence-electron chi connectivity index (χ3n) is 3.93. The van der Waals surface area contributed by atoms with Crippen LogP contribution in [0.2, 0.25) is 0 Å². The lowest BCUT2D eigenvalue weighted by Gasteiger charge is -2.08. The fourth-order valence-electron chi connectivity index (χ4n) is 2.46. The van der Waals surface area contributed by atoms with Gasteiger partial charge in [0.1, 0.15) is 5.75 Å². The third kappa shape index (κ3) is 5.43. The molecule has 0 heterocycles. The number of methoxy groups -OCH3 is 1. The van der Waals surface area contributed by atoms with Gasteiger partial charge in [0.05, 0.1) is 18.2 Å². The van der Waals surface area contributed by atoms with Gasteiger partial charge in [0.15, 0.2) is 0 Å². The minimum atomic E-state index is -3.68. The minimum Gasteiger partial charge on any atom is -0.497 e. The average Bonchev–Trinajstić information content (AvgIpc) is 2.75. The highest BCUT2D eigenvalue weighted by Gasteiger charge is 2.13. The number of carbonyl (C=O) groups is 1. The number of carbonyl (C=O) groups excluding carboxylic acids is 1. The number of amides is 1. The number of benzene rings is 3. The van der Waals surface area contributed by atoms with Crippen LogP contribution in [0.4, 0.5) is 5.69 Å². The Kier molecular flexibility index (Phi) is 6.25. The second kappa shape index (κ2) is 9.03. The molecule has 0 saturated carbocycles. The number of sulfonamides is 1. The van der Waals surface area contributed by atoms with Crippen molar-refractivity contribution in [2.75, 3.05) is 11.8 Å². The van der Waals surface area contributed by atoms with E-state index in [1.165, 1.54) is 42.6 Å². The van der Waals surface area contributed by atoms with Crippen LogP contribution in [-0.4, -0.2) is 27.6 Å². The number of ether oxygens (including phenoxy) is 1. The molecular weight excluding hydrogens is 390 g/mol. The Balaban J connectivity index is 1.62. The summed E-state index contributed by atoms with van der Waals surface area (Å²) in [7, 11) is -2.11. The Hall–Kier alpha value is -3.65. The van der Waals surface area contributed by atoms with Crippen molar-refractivity contribution < 1.29 is 17.9 Å². The molecule has 0 radical (unpaired) electrons. The molecule has 0 saturated heterocycles. The average molecular weight is 409 g/mol. The highest BCUT2D eigenvalue weighted by atomic mass is 32.2. The Labute approximate surface area is 169 Å². The molecule has 0 unspecified atom stereocenters. The number of anilines is 1. The van der Waals surface area contributed by atoms with Crippen molar-refractivity contribution in [1.82, 2.24) is 5.43 Å². The summed E-state index contributed by atoms with van der Waals surface area (Å²) in [6.07, 6.45) is 1.50. The van der Waals surface area contributed by atoms with Crippen LogP contribution in [0, 0.1) is 0 Å². The summed E-state index contributed by atoms with van der Waals surface area (Å²) in [6.45, 7) is 0. The Morgan fingerprint density at radius 2 is 1.69 bits per heavy atom. The Morgan fingerprint density at radius 1 is 0.966 bits per heavy atom. The standard InChI is InChI=1S/C21H19N3O4S/c1-28-19-7-5-6-16(14-19)15-22-23-21(25)17-10-12-18(13-11-17)24-29(26,27)20-8-3-2-4-9-20/h2-15,24H,1H3,(H,23,25)/b22-15+. The maximum absolute atomic E-state index is 12.3. The molecule has 3 aromatic rings. The molecule has 0 aliphatic carbocycles. The lowest BCUT2D eigenvalue weighted by molar-refractivity contribution is 0.0955. The van der Waals surface area contributed by atoms with Crippen LogP contribution in [-0.2, 0) is 10.0 Å².